The van der Waals surface area contributed by atoms with Crippen LogP contribution in [0.1, 0.15) is 18.1 Å². The fourth-order valence-electron chi connectivity index (χ4n) is 3.05. The molecule has 0 radical (unpaired) electrons. The van der Waals surface area contributed by atoms with Crippen molar-refractivity contribution in [1.29, 1.82) is 0 Å². The van der Waals surface area contributed by atoms with Crippen LogP contribution in [0.2, 0.25) is 10.0 Å². The number of hydrogen-bond acceptors (Lipinski definition) is 3. The van der Waals surface area contributed by atoms with Crippen LogP contribution in [0.4, 0.5) is 23.7 Å². The average molecular weight is 460 g/mol. The van der Waals surface area contributed by atoms with E-state index in [1.54, 1.807) is 24.3 Å². The third-order valence-electron chi connectivity index (χ3n) is 4.54. The molecule has 1 unspecified atom stereocenters. The van der Waals surface area contributed by atoms with E-state index in [0.29, 0.717) is 16.5 Å². The molecule has 0 spiro atoms. The summed E-state index contributed by atoms with van der Waals surface area (Å²) in [5, 5.41) is 4.46. The van der Waals surface area contributed by atoms with Gasteiger partial charge in [-0.2, -0.15) is 13.2 Å². The van der Waals surface area contributed by atoms with Gasteiger partial charge in [0, 0.05) is 16.3 Å². The van der Waals surface area contributed by atoms with E-state index in [9.17, 15) is 27.6 Å². The first kappa shape index (κ1) is 21.9. The van der Waals surface area contributed by atoms with Gasteiger partial charge in [0.2, 0.25) is 5.91 Å². The second-order valence-corrected chi connectivity index (χ2v) is 7.48. The van der Waals surface area contributed by atoms with Crippen molar-refractivity contribution in [3.05, 3.63) is 63.6 Å². The summed E-state index contributed by atoms with van der Waals surface area (Å²) < 4.78 is 38.9. The van der Waals surface area contributed by atoms with Crippen molar-refractivity contribution in [2.24, 2.45) is 0 Å². The van der Waals surface area contributed by atoms with Crippen LogP contribution in [-0.4, -0.2) is 29.3 Å². The van der Waals surface area contributed by atoms with Crippen molar-refractivity contribution in [2.45, 2.75) is 18.6 Å². The number of amides is 4. The van der Waals surface area contributed by atoms with Gasteiger partial charge < -0.3 is 10.6 Å². The van der Waals surface area contributed by atoms with Gasteiger partial charge in [0.15, 0.2) is 0 Å². The molecular weight excluding hydrogens is 446 g/mol. The summed E-state index contributed by atoms with van der Waals surface area (Å²) in [6.07, 6.45) is -4.71. The number of carbonyl (C=O) groups excluding carboxylic acids is 3. The zero-order valence-corrected chi connectivity index (χ0v) is 16.8. The molecule has 0 aliphatic carbocycles. The largest absolute Gasteiger partial charge is 0.417 e. The number of nitrogens with zero attached hydrogens (tertiary/aromatic N) is 1. The lowest BCUT2D eigenvalue weighted by Gasteiger charge is -2.23. The highest BCUT2D eigenvalue weighted by Gasteiger charge is 2.50. The molecule has 30 heavy (non-hydrogen) atoms. The minimum Gasteiger partial charge on any atom is -0.325 e. The van der Waals surface area contributed by atoms with Crippen molar-refractivity contribution in [2.75, 3.05) is 11.9 Å². The Hall–Kier alpha value is -2.78. The van der Waals surface area contributed by atoms with Crippen molar-refractivity contribution in [1.82, 2.24) is 10.2 Å². The molecule has 0 aromatic heterocycles. The lowest BCUT2D eigenvalue weighted by atomic mass is 9.92. The monoisotopic (exact) mass is 459 g/mol. The molecule has 1 saturated heterocycles. The number of urea groups is 1. The van der Waals surface area contributed by atoms with Gasteiger partial charge in [0.25, 0.3) is 5.91 Å². The molecular formula is C19H14Cl2F3N3O3. The summed E-state index contributed by atoms with van der Waals surface area (Å²) >= 11 is 11.7. The SMILES string of the molecule is CC1(c2ccccc2Cl)NC(=O)N(CC(=O)Nc2ccc(Cl)c(C(F)(F)F)c2)C1=O. The van der Waals surface area contributed by atoms with Crippen molar-refractivity contribution < 1.29 is 27.6 Å². The highest BCUT2D eigenvalue weighted by atomic mass is 35.5. The molecule has 2 aromatic rings. The highest BCUT2D eigenvalue weighted by Crippen LogP contribution is 2.36. The normalized spacial score (nSPS) is 19.1. The Balaban J connectivity index is 1.77. The lowest BCUT2D eigenvalue weighted by Crippen LogP contribution is -2.42. The van der Waals surface area contributed by atoms with Crippen LogP contribution >= 0.6 is 23.2 Å². The van der Waals surface area contributed by atoms with E-state index >= 15 is 0 Å². The molecule has 2 aromatic carbocycles. The van der Waals surface area contributed by atoms with Crippen LogP contribution < -0.4 is 10.6 Å². The van der Waals surface area contributed by atoms with Crippen LogP contribution in [0, 0.1) is 0 Å². The van der Waals surface area contributed by atoms with E-state index in [4.69, 9.17) is 23.2 Å². The maximum absolute atomic E-state index is 13.0. The van der Waals surface area contributed by atoms with Gasteiger partial charge in [-0.1, -0.05) is 41.4 Å². The number of anilines is 1. The summed E-state index contributed by atoms with van der Waals surface area (Å²) in [7, 11) is 0. The van der Waals surface area contributed by atoms with Crippen molar-refractivity contribution >= 4 is 46.7 Å². The smallest absolute Gasteiger partial charge is 0.325 e. The predicted molar refractivity (Wildman–Crippen MR) is 104 cm³/mol. The van der Waals surface area contributed by atoms with Crippen LogP contribution in [0.25, 0.3) is 0 Å². The Labute approximate surface area is 178 Å². The van der Waals surface area contributed by atoms with Gasteiger partial charge in [-0.05, 0) is 31.2 Å². The molecule has 1 heterocycles. The molecule has 2 N–H and O–H groups in total. The Morgan fingerprint density at radius 1 is 1.13 bits per heavy atom. The van der Waals surface area contributed by atoms with Gasteiger partial charge in [0.1, 0.15) is 12.1 Å². The molecule has 158 valence electrons. The number of halogens is 5. The third kappa shape index (κ3) is 4.08. The number of hydrogen-bond donors (Lipinski definition) is 2. The van der Waals surface area contributed by atoms with Gasteiger partial charge in [0.05, 0.1) is 10.6 Å². The van der Waals surface area contributed by atoms with E-state index in [-0.39, 0.29) is 10.7 Å². The van der Waals surface area contributed by atoms with Gasteiger partial charge in [-0.25, -0.2) is 4.79 Å². The molecule has 4 amide bonds. The van der Waals surface area contributed by atoms with Gasteiger partial charge >= 0.3 is 12.2 Å². The van der Waals surface area contributed by atoms with Gasteiger partial charge in [-0.15, -0.1) is 0 Å². The summed E-state index contributed by atoms with van der Waals surface area (Å²) in [6, 6.07) is 8.41. The molecule has 1 atom stereocenters. The third-order valence-corrected chi connectivity index (χ3v) is 5.20. The summed E-state index contributed by atoms with van der Waals surface area (Å²) in [4.78, 5) is 38.1. The molecule has 1 aliphatic heterocycles. The summed E-state index contributed by atoms with van der Waals surface area (Å²) in [5.41, 5.74) is -2.44. The average Bonchev–Trinajstić information content (AvgIpc) is 2.86. The number of benzene rings is 2. The maximum atomic E-state index is 13.0. The number of imide groups is 1. The first-order valence-corrected chi connectivity index (χ1v) is 9.25. The lowest BCUT2D eigenvalue weighted by molar-refractivity contribution is -0.137. The van der Waals surface area contributed by atoms with E-state index < -0.39 is 46.7 Å². The van der Waals surface area contributed by atoms with E-state index in [2.05, 4.69) is 10.6 Å². The van der Waals surface area contributed by atoms with Crippen LogP contribution in [0.5, 0.6) is 0 Å². The van der Waals surface area contributed by atoms with E-state index in [0.717, 1.165) is 6.07 Å². The van der Waals surface area contributed by atoms with Crippen LogP contribution in [-0.2, 0) is 21.3 Å². The van der Waals surface area contributed by atoms with Crippen molar-refractivity contribution in [3.63, 3.8) is 0 Å². The second-order valence-electron chi connectivity index (χ2n) is 6.67. The molecule has 6 nitrogen and oxygen atoms in total. The van der Waals surface area contributed by atoms with E-state index in [1.165, 1.54) is 13.0 Å². The number of carbonyl (C=O) groups is 3. The minimum atomic E-state index is -4.71. The Morgan fingerprint density at radius 2 is 1.80 bits per heavy atom. The first-order chi connectivity index (χ1) is 13.9. The Kier molecular flexibility index (Phi) is 5.70. The molecule has 1 aliphatic rings. The number of rotatable bonds is 4. The highest BCUT2D eigenvalue weighted by molar-refractivity contribution is 6.32. The fourth-order valence-corrected chi connectivity index (χ4v) is 3.60. The molecule has 0 saturated carbocycles. The topological polar surface area (TPSA) is 78.5 Å². The summed E-state index contributed by atoms with van der Waals surface area (Å²) in [5.74, 6) is -1.58. The van der Waals surface area contributed by atoms with Crippen LogP contribution in [0.3, 0.4) is 0 Å². The quantitative estimate of drug-likeness (QED) is 0.664. The second kappa shape index (κ2) is 7.81. The number of nitrogens with one attached hydrogen (secondary N) is 2. The minimum absolute atomic E-state index is 0.183. The zero-order chi connectivity index (χ0) is 22.3. The standard InChI is InChI=1S/C19H14Cl2F3N3O3/c1-18(11-4-2-3-5-13(11)20)16(29)27(17(30)26-18)9-15(28)25-10-6-7-14(21)12(8-10)19(22,23)24/h2-8H,9H2,1H3,(H,25,28)(H,26,30). The fraction of sp³-hybridized carbons (Fsp3) is 0.211. The first-order valence-electron chi connectivity index (χ1n) is 8.49. The van der Waals surface area contributed by atoms with Gasteiger partial charge in [-0.3, -0.25) is 14.5 Å². The Bertz CT molecular complexity index is 1050. The Morgan fingerprint density at radius 3 is 2.43 bits per heavy atom. The summed E-state index contributed by atoms with van der Waals surface area (Å²) in [6.45, 7) is 0.746. The molecule has 1 fully saturated rings. The molecule has 3 rings (SSSR count). The van der Waals surface area contributed by atoms with E-state index in [1.807, 2.05) is 0 Å². The zero-order valence-electron chi connectivity index (χ0n) is 15.3. The number of alkyl halides is 3. The predicted octanol–water partition coefficient (Wildman–Crippen LogP) is 4.42. The molecule has 0 bridgehead atoms. The molecule has 11 heteroatoms. The van der Waals surface area contributed by atoms with Crippen LogP contribution in [0.15, 0.2) is 42.5 Å². The van der Waals surface area contributed by atoms with Crippen molar-refractivity contribution in [3.8, 4) is 0 Å². The maximum Gasteiger partial charge on any atom is 0.417 e.